The zero-order chi connectivity index (χ0) is 104. The number of esters is 1. The number of phenolic OH excluding ortho intramolecular Hbond substituents is 2. The average Bonchev–Trinajstić information content (AvgIpc) is 0.747. The number of pyridine rings is 3. The van der Waals surface area contributed by atoms with Gasteiger partial charge in [0.2, 0.25) is 0 Å². The van der Waals surface area contributed by atoms with Crippen molar-refractivity contribution in [2.75, 3.05) is 42.3 Å². The van der Waals surface area contributed by atoms with E-state index in [1.165, 1.54) is 27.0 Å². The first kappa shape index (κ1) is 122. The highest BCUT2D eigenvalue weighted by atomic mass is 79.9. The molecule has 3 N–H and O–H groups in total. The number of hydrogen-bond donors (Lipinski definition) is 3. The summed E-state index contributed by atoms with van der Waals surface area (Å²) < 4.78 is 226. The van der Waals surface area contributed by atoms with Gasteiger partial charge in [0, 0.05) is 27.3 Å². The molecule has 0 aliphatic rings. The number of aldehydes is 1. The number of carbonyl (C=O) groups excluding carboxylic acids is 4. The molecule has 143 heavy (non-hydrogen) atoms. The van der Waals surface area contributed by atoms with Crippen molar-refractivity contribution < 1.29 is 156 Å². The summed E-state index contributed by atoms with van der Waals surface area (Å²) in [6.45, 7) is 1.79. The molecule has 3 heterocycles. The van der Waals surface area contributed by atoms with Crippen LogP contribution in [0.15, 0.2) is 322 Å². The Bertz CT molecular complexity index is 6860. The van der Waals surface area contributed by atoms with Crippen LogP contribution in [-0.4, -0.2) is 166 Å². The Hall–Kier alpha value is -13.0. The molecular formula is C99H93BrCl2F12N7O17PS4. The first-order chi connectivity index (χ1) is 65.3. The summed E-state index contributed by atoms with van der Waals surface area (Å²) in [5, 5.41) is 32.6. The number of hydrogen-bond acceptors (Lipinski definition) is 19. The number of carbonyl (C=O) groups is 5. The molecule has 0 atom stereocenters. The van der Waals surface area contributed by atoms with Crippen molar-refractivity contribution in [3.05, 3.63) is 386 Å². The molecule has 0 bridgehead atoms. The van der Waals surface area contributed by atoms with Crippen LogP contribution in [0.25, 0.3) is 65.3 Å². The third kappa shape index (κ3) is 38.3. The molecule has 0 spiro atoms. The number of quaternary nitrogens is 2. The predicted octanol–water partition coefficient (Wildman–Crippen LogP) is 19.4. The highest BCUT2D eigenvalue weighted by Gasteiger charge is 2.49. The number of nitrogens with zero attached hydrogens (tertiary/aromatic N) is 7. The predicted molar refractivity (Wildman–Crippen MR) is 530 cm³/mol. The van der Waals surface area contributed by atoms with Gasteiger partial charge in [-0.25, -0.2) is 58.2 Å². The fourth-order valence-corrected chi connectivity index (χ4v) is 19.7. The van der Waals surface area contributed by atoms with Crippen molar-refractivity contribution in [3.63, 3.8) is 0 Å². The number of rotatable bonds is 22. The quantitative estimate of drug-likeness (QED) is 0.00829. The number of carboxylic acids is 1. The fourth-order valence-electron chi connectivity index (χ4n) is 12.1. The maximum atomic E-state index is 12.8. The molecular weight excluding hydrogens is 2100 g/mol. The standard InChI is InChI=1S/C28H27N2O2.C25H22P.C17H13NO.C11H15NO2.C10H7NO2.C2Cl2O2.2C2F6NO4S2.2CH4.BrH/c1-30(2,3)20-22-12-15-24(16-13-22)28(31)32-26-11-7-10-23-17-19-25(29-27(23)26)18-14-21-8-5-4-6-9-21;1-5-13-22(14-6-1)21-26(23-15-7-2-8-16-23,24-17-9-3-10-18-24)25-19-11-4-12-20-25;19-16-8-4-7-14-10-12-15(18-17(14)16)11-9-13-5-2-1-3-6-13;1-12(2,3)8-9-4-6-10(7-5-9)11(13)14;12-6-8-5-4-7-2-1-3-9(13)10(7)11-8;3-1(5)2(4)6;2*3-1(4,5)14(10,11)9-15(12,13)2(6,7)8;;;/h4-19H,20H2,1-3H3;1-20H,21H2;1-12,19H;4-7H,8H2,1-3H3;1-6,13H;;;;2*1H4;1H/q2*+1;;;;;2*-1;;;. The van der Waals surface area contributed by atoms with Crippen molar-refractivity contribution in [2.24, 2.45) is 0 Å². The van der Waals surface area contributed by atoms with Crippen LogP contribution in [-0.2, 0) is 68.9 Å². The number of ether oxygens (including phenoxy) is 1. The Labute approximate surface area is 839 Å². The molecule has 0 saturated heterocycles. The van der Waals surface area contributed by atoms with Gasteiger partial charge in [0.25, 0.3) is 0 Å². The van der Waals surface area contributed by atoms with Gasteiger partial charge >= 0.3 is 44.5 Å². The highest BCUT2D eigenvalue weighted by molar-refractivity contribution is 8.13. The Morgan fingerprint density at radius 3 is 0.958 bits per heavy atom. The summed E-state index contributed by atoms with van der Waals surface area (Å²) >= 11 is 8.98. The normalized spacial score (nSPS) is 11.7. The van der Waals surface area contributed by atoms with Crippen LogP contribution in [0.4, 0.5) is 52.7 Å². The van der Waals surface area contributed by atoms with E-state index in [0.29, 0.717) is 45.4 Å². The van der Waals surface area contributed by atoms with Gasteiger partial charge in [-0.3, -0.25) is 14.4 Å². The molecule has 11 aromatic carbocycles. The van der Waals surface area contributed by atoms with Gasteiger partial charge in [-0.1, -0.05) is 251 Å². The van der Waals surface area contributed by atoms with Crippen molar-refractivity contribution in [1.29, 1.82) is 0 Å². The summed E-state index contributed by atoms with van der Waals surface area (Å²) in [5.41, 5.74) is -14.3. The number of sulfonamides is 4. The first-order valence-corrected chi connectivity index (χ1v) is 48.8. The lowest BCUT2D eigenvalue weighted by Gasteiger charge is -2.27. The average molecular weight is 2190 g/mol. The molecule has 14 aromatic rings. The lowest BCUT2D eigenvalue weighted by atomic mass is 10.1. The van der Waals surface area contributed by atoms with Crippen molar-refractivity contribution >= 4 is 172 Å². The van der Waals surface area contributed by atoms with E-state index in [2.05, 4.69) is 197 Å². The number of aromatic nitrogens is 3. The zero-order valence-electron chi connectivity index (χ0n) is 74.5. The monoisotopic (exact) mass is 2190 g/mol. The van der Waals surface area contributed by atoms with Gasteiger partial charge in [-0.2, -0.15) is 52.7 Å². The first-order valence-electron chi connectivity index (χ1n) is 40.3. The minimum atomic E-state index is -6.72. The second-order valence-electron chi connectivity index (χ2n) is 31.2. The van der Waals surface area contributed by atoms with Crippen LogP contribution >= 0.6 is 30.5 Å². The van der Waals surface area contributed by atoms with Gasteiger partial charge in [-0.15, -0.1) is 0 Å². The number of alkyl halides is 12. The summed E-state index contributed by atoms with van der Waals surface area (Å²) in [6.07, 6.45) is 9.62. The summed E-state index contributed by atoms with van der Waals surface area (Å²) in [4.78, 5) is 65.8. The molecule has 760 valence electrons. The van der Waals surface area contributed by atoms with Crippen LogP contribution in [0, 0.1) is 0 Å². The van der Waals surface area contributed by atoms with E-state index in [0.717, 1.165) is 80.7 Å². The molecule has 44 heteroatoms. The van der Waals surface area contributed by atoms with Crippen molar-refractivity contribution in [1.82, 2.24) is 15.0 Å². The van der Waals surface area contributed by atoms with Gasteiger partial charge < -0.3 is 54.3 Å². The maximum Gasteiger partial charge on any atom is 0.480 e. The molecule has 14 rings (SSSR count). The summed E-state index contributed by atoms with van der Waals surface area (Å²) in [7, 11) is -15.9. The largest absolute Gasteiger partial charge is 1.00 e. The summed E-state index contributed by atoms with van der Waals surface area (Å²) in [6, 6.07) is 106. The molecule has 0 aliphatic heterocycles. The zero-order valence-corrected chi connectivity index (χ0v) is 81.8. The number of para-hydroxylation sites is 3. The van der Waals surface area contributed by atoms with Gasteiger partial charge in [0.15, 0.2) is 52.1 Å². The molecule has 0 radical (unpaired) electrons. The van der Waals surface area contributed by atoms with Crippen LogP contribution in [0.3, 0.4) is 0 Å². The molecule has 0 unspecified atom stereocenters. The fraction of sp³-hybridized carbons (Fsp3) is 0.152. The highest BCUT2D eigenvalue weighted by Crippen LogP contribution is 2.58. The molecule has 3 aromatic heterocycles. The van der Waals surface area contributed by atoms with Crippen molar-refractivity contribution in [3.8, 4) is 17.2 Å². The Morgan fingerprint density at radius 2 is 0.650 bits per heavy atom. The second kappa shape index (κ2) is 53.9. The lowest BCUT2D eigenvalue weighted by Crippen LogP contribution is -3.00. The number of halogens is 15. The second-order valence-corrected chi connectivity index (χ2v) is 42.2. The van der Waals surface area contributed by atoms with E-state index < -0.39 is 85.8 Å². The Balaban J connectivity index is 0.000000352. The molecule has 0 amide bonds. The molecule has 0 saturated carbocycles. The number of aromatic hydroxyl groups is 2. The molecule has 0 fully saturated rings. The van der Waals surface area contributed by atoms with Gasteiger partial charge in [-0.05, 0) is 149 Å². The van der Waals surface area contributed by atoms with Crippen LogP contribution in [0.5, 0.6) is 17.2 Å². The number of phenols is 2. The third-order valence-electron chi connectivity index (χ3n) is 18.2. The lowest BCUT2D eigenvalue weighted by molar-refractivity contribution is -0.884. The SMILES string of the molecule is C.C.C[N+](C)(C)Cc1ccc(C(=O)O)cc1.C[N+](C)(C)Cc1ccc(C(=O)Oc2cccc3ccc(C=Cc4ccccc4)nc23)cc1.O=C(Cl)C(=O)Cl.O=Cc1ccc2cccc(O)c2n1.O=S(=O)([N-]S(=O)(=O)C(F)(F)F)C(F)(F)F.O=S(=O)([N-]S(=O)(=O)C(F)(F)F)C(F)(F)F.Oc1cccc2ccc(C=Cc3ccccc3)nc12.[Br-].c1ccc(C[P+](c2ccccc2)(c2ccccc2)c2ccccc2)cc1. The van der Waals surface area contributed by atoms with E-state index >= 15 is 0 Å². The van der Waals surface area contributed by atoms with E-state index in [1.807, 2.05) is 176 Å². The number of benzene rings is 11. The van der Waals surface area contributed by atoms with Crippen molar-refractivity contribution in [2.45, 2.75) is 56.1 Å². The third-order valence-corrected chi connectivity index (χ3v) is 28.5. The van der Waals surface area contributed by atoms with Crippen LogP contribution in [0.1, 0.15) is 85.3 Å². The van der Waals surface area contributed by atoms with Crippen LogP contribution < -0.4 is 37.6 Å². The topological polar surface area (TPSA) is 359 Å². The van der Waals surface area contributed by atoms with E-state index in [-0.39, 0.29) is 49.3 Å². The summed E-state index contributed by atoms with van der Waals surface area (Å²) in [5.74, 6) is -0.491. The number of aromatic carboxylic acids is 1. The van der Waals surface area contributed by atoms with Gasteiger partial charge in [0.1, 0.15) is 70.0 Å². The molecule has 0 aliphatic carbocycles. The van der Waals surface area contributed by atoms with E-state index in [9.17, 15) is 121 Å². The number of fused-ring (bicyclic) bond motifs is 3. The van der Waals surface area contributed by atoms with Gasteiger partial charge in [0.05, 0.1) is 71.0 Å². The van der Waals surface area contributed by atoms with Crippen LogP contribution in [0.2, 0.25) is 0 Å². The minimum Gasteiger partial charge on any atom is -1.00 e. The Kier molecular flexibility index (Phi) is 46.1. The smallest absolute Gasteiger partial charge is 0.480 e. The Morgan fingerprint density at radius 1 is 0.364 bits per heavy atom. The maximum absolute atomic E-state index is 12.8. The number of carboxylic acid groups (broad SMARTS) is 1. The van der Waals surface area contributed by atoms with E-state index in [4.69, 9.17) is 14.8 Å². The molecule has 24 nitrogen and oxygen atoms in total. The van der Waals surface area contributed by atoms with E-state index in [1.54, 1.807) is 48.5 Å². The minimum absolute atomic E-state index is 0.